The van der Waals surface area contributed by atoms with Crippen molar-refractivity contribution in [3.8, 4) is 0 Å². The Balaban J connectivity index is 1.74. The molecule has 3 heteroatoms. The first kappa shape index (κ1) is 12.0. The molecular formula is C15H18N2S. The smallest absolute Gasteiger partial charge is 0.0705 e. The van der Waals surface area contributed by atoms with E-state index in [1.54, 1.807) is 0 Å². The van der Waals surface area contributed by atoms with E-state index in [0.717, 1.165) is 12.1 Å². The van der Waals surface area contributed by atoms with Gasteiger partial charge in [0, 0.05) is 29.9 Å². The molecule has 1 aliphatic rings. The van der Waals surface area contributed by atoms with Crippen LogP contribution in [0.15, 0.2) is 36.5 Å². The van der Waals surface area contributed by atoms with Crippen molar-refractivity contribution in [2.75, 3.05) is 11.5 Å². The summed E-state index contributed by atoms with van der Waals surface area (Å²) in [6.45, 7) is 0.953. The Hall–Kier alpha value is -1.06. The maximum absolute atomic E-state index is 4.40. The molecule has 2 nitrogen and oxygen atoms in total. The van der Waals surface area contributed by atoms with E-state index in [-0.39, 0.29) is 0 Å². The summed E-state index contributed by atoms with van der Waals surface area (Å²) in [5, 5.41) is 4.96. The lowest BCUT2D eigenvalue weighted by Gasteiger charge is -2.22. The summed E-state index contributed by atoms with van der Waals surface area (Å²) >= 11 is 2.07. The predicted octanol–water partition coefficient (Wildman–Crippen LogP) is 3.22. The zero-order valence-corrected chi connectivity index (χ0v) is 11.2. The van der Waals surface area contributed by atoms with Crippen LogP contribution in [-0.4, -0.2) is 22.5 Å². The van der Waals surface area contributed by atoms with Crippen molar-refractivity contribution in [3.05, 3.63) is 42.1 Å². The SMILES string of the molecule is c1ccc2c(CNC3CCCSC3)ccnc2c1. The molecule has 1 atom stereocenters. The molecule has 0 bridgehead atoms. The monoisotopic (exact) mass is 258 g/mol. The Bertz CT molecular complexity index is 515. The maximum atomic E-state index is 4.40. The molecular weight excluding hydrogens is 240 g/mol. The van der Waals surface area contributed by atoms with E-state index in [9.17, 15) is 0 Å². The van der Waals surface area contributed by atoms with Gasteiger partial charge in [0.05, 0.1) is 5.52 Å². The van der Waals surface area contributed by atoms with Crippen LogP contribution in [0.4, 0.5) is 0 Å². The van der Waals surface area contributed by atoms with Crippen LogP contribution in [0.2, 0.25) is 0 Å². The summed E-state index contributed by atoms with van der Waals surface area (Å²) in [5.41, 5.74) is 2.45. The molecule has 0 radical (unpaired) electrons. The molecule has 0 aliphatic carbocycles. The van der Waals surface area contributed by atoms with Crippen molar-refractivity contribution in [1.82, 2.24) is 10.3 Å². The molecule has 0 amide bonds. The molecule has 1 saturated heterocycles. The number of hydrogen-bond donors (Lipinski definition) is 1. The molecule has 1 unspecified atom stereocenters. The van der Waals surface area contributed by atoms with E-state index >= 15 is 0 Å². The number of pyridine rings is 1. The van der Waals surface area contributed by atoms with Crippen LogP contribution in [0, 0.1) is 0 Å². The van der Waals surface area contributed by atoms with Crippen molar-refractivity contribution in [2.45, 2.75) is 25.4 Å². The van der Waals surface area contributed by atoms with Crippen LogP contribution in [-0.2, 0) is 6.54 Å². The molecule has 1 aliphatic heterocycles. The van der Waals surface area contributed by atoms with E-state index in [4.69, 9.17) is 0 Å². The van der Waals surface area contributed by atoms with Crippen LogP contribution in [0.1, 0.15) is 18.4 Å². The zero-order valence-electron chi connectivity index (χ0n) is 10.4. The normalized spacial score (nSPS) is 20.1. The van der Waals surface area contributed by atoms with Crippen molar-refractivity contribution < 1.29 is 0 Å². The summed E-state index contributed by atoms with van der Waals surface area (Å²) in [6, 6.07) is 11.2. The highest BCUT2D eigenvalue weighted by molar-refractivity contribution is 7.99. The van der Waals surface area contributed by atoms with Gasteiger partial charge in [0.1, 0.15) is 0 Å². The number of benzene rings is 1. The molecule has 3 rings (SSSR count). The molecule has 94 valence electrons. The Kier molecular flexibility index (Phi) is 3.81. The molecule has 0 spiro atoms. The quantitative estimate of drug-likeness (QED) is 0.915. The van der Waals surface area contributed by atoms with Crippen LogP contribution < -0.4 is 5.32 Å². The van der Waals surface area contributed by atoms with E-state index in [1.807, 2.05) is 12.3 Å². The van der Waals surface area contributed by atoms with Gasteiger partial charge >= 0.3 is 0 Å². The van der Waals surface area contributed by atoms with Gasteiger partial charge in [0.2, 0.25) is 0 Å². The van der Waals surface area contributed by atoms with Gasteiger partial charge in [-0.25, -0.2) is 0 Å². The highest BCUT2D eigenvalue weighted by Crippen LogP contribution is 2.19. The van der Waals surface area contributed by atoms with E-state index in [1.165, 1.54) is 35.3 Å². The summed E-state index contributed by atoms with van der Waals surface area (Å²) in [5.74, 6) is 2.58. The molecule has 18 heavy (non-hydrogen) atoms. The number of nitrogens with one attached hydrogen (secondary N) is 1. The predicted molar refractivity (Wildman–Crippen MR) is 78.9 cm³/mol. The van der Waals surface area contributed by atoms with Gasteiger partial charge < -0.3 is 5.32 Å². The third kappa shape index (κ3) is 2.68. The van der Waals surface area contributed by atoms with Gasteiger partial charge in [0.25, 0.3) is 0 Å². The molecule has 1 N–H and O–H groups in total. The Morgan fingerprint density at radius 1 is 1.28 bits per heavy atom. The standard InChI is InChI=1S/C15H18N2S/c1-2-6-15-14(5-1)12(7-8-16-15)10-17-13-4-3-9-18-11-13/h1-2,5-8,13,17H,3-4,9-11H2. The summed E-state index contributed by atoms with van der Waals surface area (Å²) in [7, 11) is 0. The summed E-state index contributed by atoms with van der Waals surface area (Å²) in [4.78, 5) is 4.40. The van der Waals surface area contributed by atoms with Crippen molar-refractivity contribution in [1.29, 1.82) is 0 Å². The number of aromatic nitrogens is 1. The van der Waals surface area contributed by atoms with Gasteiger partial charge in [-0.1, -0.05) is 18.2 Å². The lowest BCUT2D eigenvalue weighted by atomic mass is 10.1. The van der Waals surface area contributed by atoms with Gasteiger partial charge in [-0.05, 0) is 36.3 Å². The number of hydrogen-bond acceptors (Lipinski definition) is 3. The van der Waals surface area contributed by atoms with Gasteiger partial charge in [0.15, 0.2) is 0 Å². The second-order valence-corrected chi connectivity index (χ2v) is 5.93. The fraction of sp³-hybridized carbons (Fsp3) is 0.400. The van der Waals surface area contributed by atoms with Gasteiger partial charge in [-0.3, -0.25) is 4.98 Å². The molecule has 1 fully saturated rings. The number of rotatable bonds is 3. The second-order valence-electron chi connectivity index (χ2n) is 4.78. The number of thioether (sulfide) groups is 1. The number of fused-ring (bicyclic) bond motifs is 1. The number of para-hydroxylation sites is 1. The first-order valence-corrected chi connectivity index (χ1v) is 7.73. The largest absolute Gasteiger partial charge is 0.309 e. The topological polar surface area (TPSA) is 24.9 Å². The molecule has 1 aromatic heterocycles. The maximum Gasteiger partial charge on any atom is 0.0705 e. The average molecular weight is 258 g/mol. The van der Waals surface area contributed by atoms with Crippen LogP contribution in [0.3, 0.4) is 0 Å². The minimum atomic E-state index is 0.677. The lowest BCUT2D eigenvalue weighted by molar-refractivity contribution is 0.508. The minimum absolute atomic E-state index is 0.677. The highest BCUT2D eigenvalue weighted by Gasteiger charge is 2.13. The summed E-state index contributed by atoms with van der Waals surface area (Å²) in [6.07, 6.45) is 4.57. The van der Waals surface area contributed by atoms with Crippen LogP contribution in [0.25, 0.3) is 10.9 Å². The molecule has 2 aromatic rings. The zero-order chi connectivity index (χ0) is 12.2. The van der Waals surface area contributed by atoms with E-state index < -0.39 is 0 Å². The summed E-state index contributed by atoms with van der Waals surface area (Å²) < 4.78 is 0. The highest BCUT2D eigenvalue weighted by atomic mass is 32.2. The van der Waals surface area contributed by atoms with Crippen LogP contribution >= 0.6 is 11.8 Å². The Labute approximate surface area is 112 Å². The fourth-order valence-corrected chi connectivity index (χ4v) is 3.57. The minimum Gasteiger partial charge on any atom is -0.309 e. The first-order chi connectivity index (χ1) is 8.93. The third-order valence-corrected chi connectivity index (χ3v) is 4.70. The average Bonchev–Trinajstić information content (AvgIpc) is 2.46. The second kappa shape index (κ2) is 5.72. The fourth-order valence-electron chi connectivity index (χ4n) is 2.47. The first-order valence-electron chi connectivity index (χ1n) is 6.57. The van der Waals surface area contributed by atoms with Crippen molar-refractivity contribution in [2.24, 2.45) is 0 Å². The lowest BCUT2D eigenvalue weighted by Crippen LogP contribution is -2.33. The van der Waals surface area contributed by atoms with E-state index in [0.29, 0.717) is 6.04 Å². The third-order valence-electron chi connectivity index (χ3n) is 3.48. The van der Waals surface area contributed by atoms with Crippen LogP contribution in [0.5, 0.6) is 0 Å². The molecule has 2 heterocycles. The van der Waals surface area contributed by atoms with Gasteiger partial charge in [-0.15, -0.1) is 0 Å². The Morgan fingerprint density at radius 3 is 3.11 bits per heavy atom. The van der Waals surface area contributed by atoms with Gasteiger partial charge in [-0.2, -0.15) is 11.8 Å². The molecule has 1 aromatic carbocycles. The van der Waals surface area contributed by atoms with E-state index in [2.05, 4.69) is 46.3 Å². The number of nitrogens with zero attached hydrogens (tertiary/aromatic N) is 1. The Morgan fingerprint density at radius 2 is 2.22 bits per heavy atom. The van der Waals surface area contributed by atoms with Crippen molar-refractivity contribution in [3.63, 3.8) is 0 Å². The van der Waals surface area contributed by atoms with Crippen molar-refractivity contribution >= 4 is 22.7 Å². The molecule has 0 saturated carbocycles.